The second-order valence-corrected chi connectivity index (χ2v) is 6.87. The number of Topliss-reactive ketones (excluding diaryl/α,β-unsaturated/α-hetero) is 1. The molecule has 2 aromatic rings. The number of rotatable bonds is 1. The highest BCUT2D eigenvalue weighted by molar-refractivity contribution is 6.36. The van der Waals surface area contributed by atoms with Gasteiger partial charge in [-0.15, -0.1) is 0 Å². The number of carbonyl (C=O) groups is 1. The fourth-order valence-electron chi connectivity index (χ4n) is 3.44. The lowest BCUT2D eigenvalue weighted by molar-refractivity contribution is -0.116. The van der Waals surface area contributed by atoms with Crippen LogP contribution in [-0.4, -0.2) is 5.78 Å². The van der Waals surface area contributed by atoms with Crippen LogP contribution in [0.15, 0.2) is 53.7 Å². The van der Waals surface area contributed by atoms with Crippen molar-refractivity contribution in [2.75, 3.05) is 10.6 Å². The summed E-state index contributed by atoms with van der Waals surface area (Å²) < 4.78 is 0. The third kappa shape index (κ3) is 2.58. The number of nitrogens with one attached hydrogen (secondary N) is 2. The van der Waals surface area contributed by atoms with Crippen LogP contribution in [0.4, 0.5) is 11.4 Å². The van der Waals surface area contributed by atoms with E-state index in [-0.39, 0.29) is 11.8 Å². The van der Waals surface area contributed by atoms with Crippen molar-refractivity contribution in [3.05, 3.63) is 69.3 Å². The Morgan fingerprint density at radius 1 is 0.917 bits per heavy atom. The summed E-state index contributed by atoms with van der Waals surface area (Å²) in [4.78, 5) is 12.7. The van der Waals surface area contributed by atoms with E-state index in [1.54, 1.807) is 0 Å². The zero-order valence-corrected chi connectivity index (χ0v) is 14.4. The summed E-state index contributed by atoms with van der Waals surface area (Å²) in [6.07, 6.45) is 2.25. The standard InChI is InChI=1S/C19H16Cl2N2O/c20-11-5-3-6-12(21)17(11)19-18-15(9-4-10-16(18)24)22-13-7-1-2-8-14(13)23-19/h1-3,5-8,19,22-23H,4,9-10H2/t19-/m1/s1. The summed E-state index contributed by atoms with van der Waals surface area (Å²) in [6, 6.07) is 13.0. The summed E-state index contributed by atoms with van der Waals surface area (Å²) >= 11 is 12.9. The maximum Gasteiger partial charge on any atom is 0.163 e. The average Bonchev–Trinajstić information content (AvgIpc) is 2.72. The highest BCUT2D eigenvalue weighted by Gasteiger charge is 2.33. The van der Waals surface area contributed by atoms with E-state index >= 15 is 0 Å². The fourth-order valence-corrected chi connectivity index (χ4v) is 4.06. The summed E-state index contributed by atoms with van der Waals surface area (Å²) in [5.74, 6) is 0.144. The van der Waals surface area contributed by atoms with Gasteiger partial charge < -0.3 is 10.6 Å². The molecule has 0 saturated heterocycles. The third-order valence-corrected chi connectivity index (χ3v) is 5.20. The molecule has 3 nitrogen and oxygen atoms in total. The van der Waals surface area contributed by atoms with Gasteiger partial charge in [-0.25, -0.2) is 0 Å². The number of anilines is 2. The SMILES string of the molecule is O=C1CCCC2=C1[C@@H](c1c(Cl)cccc1Cl)Nc1ccccc1N2. The van der Waals surface area contributed by atoms with Crippen molar-refractivity contribution in [1.82, 2.24) is 0 Å². The van der Waals surface area contributed by atoms with Crippen molar-refractivity contribution in [3.8, 4) is 0 Å². The van der Waals surface area contributed by atoms with Crippen LogP contribution < -0.4 is 10.6 Å². The molecule has 4 rings (SSSR count). The van der Waals surface area contributed by atoms with Crippen LogP contribution in [0.2, 0.25) is 10.0 Å². The Morgan fingerprint density at radius 2 is 1.62 bits per heavy atom. The second kappa shape index (κ2) is 6.15. The topological polar surface area (TPSA) is 41.1 Å². The Balaban J connectivity index is 1.94. The van der Waals surface area contributed by atoms with Crippen LogP contribution in [0, 0.1) is 0 Å². The molecule has 2 N–H and O–H groups in total. The van der Waals surface area contributed by atoms with Gasteiger partial charge in [0.2, 0.25) is 0 Å². The van der Waals surface area contributed by atoms with Gasteiger partial charge in [-0.1, -0.05) is 41.4 Å². The van der Waals surface area contributed by atoms with E-state index < -0.39 is 0 Å². The molecular formula is C19H16Cl2N2O. The Hall–Kier alpha value is -1.97. The highest BCUT2D eigenvalue weighted by atomic mass is 35.5. The van der Waals surface area contributed by atoms with Crippen LogP contribution in [0.25, 0.3) is 0 Å². The zero-order valence-electron chi connectivity index (χ0n) is 12.9. The maximum atomic E-state index is 12.7. The second-order valence-electron chi connectivity index (χ2n) is 6.05. The van der Waals surface area contributed by atoms with Crippen molar-refractivity contribution >= 4 is 40.4 Å². The minimum Gasteiger partial charge on any atom is -0.372 e. The van der Waals surface area contributed by atoms with Crippen LogP contribution in [0.3, 0.4) is 0 Å². The maximum absolute atomic E-state index is 12.7. The molecule has 122 valence electrons. The largest absolute Gasteiger partial charge is 0.372 e. The molecule has 0 amide bonds. The summed E-state index contributed by atoms with van der Waals surface area (Å²) in [6.45, 7) is 0. The molecule has 24 heavy (non-hydrogen) atoms. The molecule has 0 radical (unpaired) electrons. The quantitative estimate of drug-likeness (QED) is 0.698. The molecule has 0 aromatic heterocycles. The molecule has 0 bridgehead atoms. The number of hydrogen-bond donors (Lipinski definition) is 2. The summed E-state index contributed by atoms with van der Waals surface area (Å²) in [5, 5.41) is 8.04. The molecule has 1 aliphatic heterocycles. The third-order valence-electron chi connectivity index (χ3n) is 4.55. The van der Waals surface area contributed by atoms with Gasteiger partial charge in [-0.3, -0.25) is 4.79 Å². The monoisotopic (exact) mass is 358 g/mol. The lowest BCUT2D eigenvalue weighted by atomic mass is 9.86. The van der Waals surface area contributed by atoms with Crippen molar-refractivity contribution < 1.29 is 4.79 Å². The minimum absolute atomic E-state index is 0.144. The number of benzene rings is 2. The van der Waals surface area contributed by atoms with Crippen molar-refractivity contribution in [1.29, 1.82) is 0 Å². The van der Waals surface area contributed by atoms with E-state index in [4.69, 9.17) is 23.2 Å². The molecule has 0 saturated carbocycles. The molecule has 0 unspecified atom stereocenters. The Labute approximate surface area is 150 Å². The van der Waals surface area contributed by atoms with Gasteiger partial charge in [0, 0.05) is 33.3 Å². The van der Waals surface area contributed by atoms with Crippen LogP contribution in [0.1, 0.15) is 30.9 Å². The van der Waals surface area contributed by atoms with E-state index in [2.05, 4.69) is 10.6 Å². The summed E-state index contributed by atoms with van der Waals surface area (Å²) in [7, 11) is 0. The van der Waals surface area contributed by atoms with Gasteiger partial charge in [0.15, 0.2) is 5.78 Å². The Morgan fingerprint density at radius 3 is 2.38 bits per heavy atom. The van der Waals surface area contributed by atoms with E-state index in [1.807, 2.05) is 42.5 Å². The van der Waals surface area contributed by atoms with Gasteiger partial charge in [0.05, 0.1) is 17.4 Å². The lowest BCUT2D eigenvalue weighted by Gasteiger charge is -2.26. The van der Waals surface area contributed by atoms with Crippen molar-refractivity contribution in [2.24, 2.45) is 0 Å². The number of carbonyl (C=O) groups excluding carboxylic acids is 1. The van der Waals surface area contributed by atoms with Gasteiger partial charge in [0.25, 0.3) is 0 Å². The molecule has 0 fully saturated rings. The molecule has 0 spiro atoms. The van der Waals surface area contributed by atoms with Gasteiger partial charge in [0.1, 0.15) is 0 Å². The predicted octanol–water partition coefficient (Wildman–Crippen LogP) is 5.58. The first-order valence-electron chi connectivity index (χ1n) is 7.98. The smallest absolute Gasteiger partial charge is 0.163 e. The van der Waals surface area contributed by atoms with E-state index in [1.165, 1.54) is 0 Å². The van der Waals surface area contributed by atoms with Crippen molar-refractivity contribution in [3.63, 3.8) is 0 Å². The van der Waals surface area contributed by atoms with Gasteiger partial charge in [-0.2, -0.15) is 0 Å². The molecule has 2 aliphatic rings. The van der Waals surface area contributed by atoms with E-state index in [0.717, 1.165) is 41.1 Å². The van der Waals surface area contributed by atoms with E-state index in [9.17, 15) is 4.79 Å². The summed E-state index contributed by atoms with van der Waals surface area (Å²) in [5.41, 5.74) is 4.35. The molecule has 5 heteroatoms. The number of para-hydroxylation sites is 2. The average molecular weight is 359 g/mol. The zero-order chi connectivity index (χ0) is 16.7. The number of allylic oxidation sites excluding steroid dienone is 1. The fraction of sp³-hybridized carbons (Fsp3) is 0.211. The number of hydrogen-bond acceptors (Lipinski definition) is 3. The normalized spacial score (nSPS) is 19.8. The lowest BCUT2D eigenvalue weighted by Crippen LogP contribution is -2.24. The number of fused-ring (bicyclic) bond motifs is 1. The Kier molecular flexibility index (Phi) is 3.99. The first-order valence-corrected chi connectivity index (χ1v) is 8.73. The number of halogens is 2. The first kappa shape index (κ1) is 15.6. The van der Waals surface area contributed by atoms with Gasteiger partial charge >= 0.3 is 0 Å². The molecule has 1 atom stereocenters. The Bertz CT molecular complexity index is 840. The number of ketones is 1. The van der Waals surface area contributed by atoms with Gasteiger partial charge in [-0.05, 0) is 37.1 Å². The molecule has 2 aromatic carbocycles. The van der Waals surface area contributed by atoms with Crippen LogP contribution >= 0.6 is 23.2 Å². The molecule has 1 heterocycles. The highest BCUT2D eigenvalue weighted by Crippen LogP contribution is 2.44. The van der Waals surface area contributed by atoms with Crippen LogP contribution in [-0.2, 0) is 4.79 Å². The minimum atomic E-state index is -0.356. The first-order chi connectivity index (χ1) is 11.6. The predicted molar refractivity (Wildman–Crippen MR) is 98.8 cm³/mol. The van der Waals surface area contributed by atoms with Crippen molar-refractivity contribution in [2.45, 2.75) is 25.3 Å². The van der Waals surface area contributed by atoms with E-state index in [0.29, 0.717) is 16.5 Å². The molecular weight excluding hydrogens is 343 g/mol. The van der Waals surface area contributed by atoms with Crippen LogP contribution in [0.5, 0.6) is 0 Å². The molecule has 1 aliphatic carbocycles.